The van der Waals surface area contributed by atoms with Gasteiger partial charge in [0.2, 0.25) is 11.8 Å². The van der Waals surface area contributed by atoms with Crippen LogP contribution in [-0.4, -0.2) is 59.4 Å². The number of carbonyl (C=O) groups is 3. The van der Waals surface area contributed by atoms with E-state index >= 15 is 0 Å². The monoisotopic (exact) mass is 505 g/mol. The van der Waals surface area contributed by atoms with E-state index in [0.29, 0.717) is 13.0 Å². The van der Waals surface area contributed by atoms with Crippen LogP contribution in [0.4, 0.5) is 0 Å². The lowest BCUT2D eigenvalue weighted by Crippen LogP contribution is -2.54. The second kappa shape index (κ2) is 13.9. The normalized spacial score (nSPS) is 17.7. The van der Waals surface area contributed by atoms with E-state index in [2.05, 4.69) is 0 Å². The molecule has 0 unspecified atom stereocenters. The number of ether oxygens (including phenoxy) is 1. The average molecular weight is 506 g/mol. The van der Waals surface area contributed by atoms with E-state index in [9.17, 15) is 14.4 Å². The average Bonchev–Trinajstić information content (AvgIpc) is 3.39. The predicted molar refractivity (Wildman–Crippen MR) is 145 cm³/mol. The summed E-state index contributed by atoms with van der Waals surface area (Å²) in [7, 11) is 0. The summed E-state index contributed by atoms with van der Waals surface area (Å²) in [6, 6.07) is 18.0. The van der Waals surface area contributed by atoms with Crippen LogP contribution < -0.4 is 5.73 Å². The van der Waals surface area contributed by atoms with Crippen molar-refractivity contribution in [3.8, 4) is 0 Å². The second-order valence-electron chi connectivity index (χ2n) is 9.72. The molecule has 3 rings (SSSR count). The Morgan fingerprint density at radius 3 is 2.41 bits per heavy atom. The Kier molecular flexibility index (Phi) is 10.6. The number of rotatable bonds is 11. The fraction of sp³-hybridized carbons (Fsp3) is 0.433. The maximum absolute atomic E-state index is 13.7. The molecule has 0 radical (unpaired) electrons. The molecule has 198 valence electrons. The molecule has 2 aromatic carbocycles. The Balaban J connectivity index is 1.66. The van der Waals surface area contributed by atoms with Crippen molar-refractivity contribution in [3.05, 3.63) is 77.9 Å². The van der Waals surface area contributed by atoms with Crippen LogP contribution in [0.25, 0.3) is 5.57 Å². The zero-order valence-corrected chi connectivity index (χ0v) is 22.1. The van der Waals surface area contributed by atoms with E-state index in [1.807, 2.05) is 92.4 Å². The molecule has 0 bridgehead atoms. The Morgan fingerprint density at radius 2 is 1.76 bits per heavy atom. The number of benzene rings is 2. The van der Waals surface area contributed by atoms with E-state index < -0.39 is 18.1 Å². The van der Waals surface area contributed by atoms with Gasteiger partial charge >= 0.3 is 5.97 Å². The van der Waals surface area contributed by atoms with Crippen LogP contribution in [0, 0.1) is 5.92 Å². The molecule has 0 aliphatic carbocycles. The summed E-state index contributed by atoms with van der Waals surface area (Å²) in [6.07, 6.45) is 3.95. The number of hydrogen-bond donors (Lipinski definition) is 1. The third kappa shape index (κ3) is 7.84. The van der Waals surface area contributed by atoms with Gasteiger partial charge in [-0.15, -0.1) is 0 Å². The van der Waals surface area contributed by atoms with Gasteiger partial charge in [-0.1, -0.05) is 80.9 Å². The minimum absolute atomic E-state index is 0.000580. The van der Waals surface area contributed by atoms with E-state index in [4.69, 9.17) is 10.5 Å². The van der Waals surface area contributed by atoms with Gasteiger partial charge in [0, 0.05) is 0 Å². The molecule has 7 heteroatoms. The Morgan fingerprint density at radius 1 is 1.11 bits per heavy atom. The molecule has 37 heavy (non-hydrogen) atoms. The molecule has 2 aromatic rings. The number of likely N-dealkylation sites (tertiary alicyclic amines) is 1. The fourth-order valence-corrected chi connectivity index (χ4v) is 4.47. The van der Waals surface area contributed by atoms with Crippen molar-refractivity contribution in [3.63, 3.8) is 0 Å². The molecule has 0 spiro atoms. The van der Waals surface area contributed by atoms with Crippen LogP contribution in [0.1, 0.15) is 51.2 Å². The van der Waals surface area contributed by atoms with Gasteiger partial charge in [-0.3, -0.25) is 24.2 Å². The number of nitrogens with two attached hydrogens (primary N) is 1. The number of carbonyl (C=O) groups excluding carboxylic acids is 3. The van der Waals surface area contributed by atoms with Gasteiger partial charge in [-0.2, -0.15) is 0 Å². The molecule has 2 amide bonds. The molecule has 2 N–H and O–H groups in total. The summed E-state index contributed by atoms with van der Waals surface area (Å²) in [5.41, 5.74) is 9.21. The quantitative estimate of drug-likeness (QED) is 0.464. The lowest BCUT2D eigenvalue weighted by atomic mass is 9.98. The van der Waals surface area contributed by atoms with Crippen molar-refractivity contribution in [1.29, 1.82) is 0 Å². The number of imide groups is 1. The summed E-state index contributed by atoms with van der Waals surface area (Å²) in [5, 5.41) is 0. The number of allylic oxidation sites excluding steroid dienone is 1. The highest BCUT2D eigenvalue weighted by atomic mass is 16.5. The first-order valence-corrected chi connectivity index (χ1v) is 13.1. The third-order valence-corrected chi connectivity index (χ3v) is 7.10. The highest BCUT2D eigenvalue weighted by molar-refractivity contribution is 6.00. The molecule has 1 saturated heterocycles. The van der Waals surface area contributed by atoms with Crippen molar-refractivity contribution < 1.29 is 19.1 Å². The van der Waals surface area contributed by atoms with Crippen molar-refractivity contribution in [1.82, 2.24) is 9.80 Å². The van der Waals surface area contributed by atoms with Crippen LogP contribution in [0.15, 0.2) is 66.7 Å². The number of amides is 2. The SMILES string of the molecule is CC[C@H](C)[C@H](N)C(=O)N(Cc1ccccc1)C(=O)[C@@H]1CCCN1CC(=O)OCC=C(C)c1ccccc1. The lowest BCUT2D eigenvalue weighted by Gasteiger charge is -2.31. The molecule has 0 aromatic heterocycles. The van der Waals surface area contributed by atoms with Crippen molar-refractivity contribution in [2.24, 2.45) is 11.7 Å². The van der Waals surface area contributed by atoms with Gasteiger partial charge in [0.1, 0.15) is 6.61 Å². The minimum Gasteiger partial charge on any atom is -0.460 e. The van der Waals surface area contributed by atoms with Crippen molar-refractivity contribution in [2.45, 2.75) is 58.7 Å². The van der Waals surface area contributed by atoms with Crippen LogP contribution in [0.3, 0.4) is 0 Å². The zero-order chi connectivity index (χ0) is 26.8. The van der Waals surface area contributed by atoms with Crippen LogP contribution in [-0.2, 0) is 25.7 Å². The molecular weight excluding hydrogens is 466 g/mol. The van der Waals surface area contributed by atoms with E-state index in [1.165, 1.54) is 4.90 Å². The molecule has 0 saturated carbocycles. The van der Waals surface area contributed by atoms with Gasteiger partial charge in [-0.25, -0.2) is 0 Å². The zero-order valence-electron chi connectivity index (χ0n) is 22.1. The van der Waals surface area contributed by atoms with Gasteiger partial charge in [0.25, 0.3) is 0 Å². The highest BCUT2D eigenvalue weighted by Gasteiger charge is 2.39. The summed E-state index contributed by atoms with van der Waals surface area (Å²) < 4.78 is 5.44. The van der Waals surface area contributed by atoms with E-state index in [-0.39, 0.29) is 37.4 Å². The van der Waals surface area contributed by atoms with Crippen LogP contribution >= 0.6 is 0 Å². The Bertz CT molecular complexity index is 1070. The van der Waals surface area contributed by atoms with Crippen LogP contribution in [0.5, 0.6) is 0 Å². The molecule has 1 heterocycles. The standard InChI is InChI=1S/C30H39N3O4/c1-4-22(2)28(31)30(36)33(20-24-12-7-5-8-13-24)29(35)26-16-11-18-32(26)21-27(34)37-19-17-23(3)25-14-9-6-10-15-25/h5-10,12-15,17,22,26,28H,4,11,16,18-21,31H2,1-3H3/t22-,26-,28-/m0/s1. The number of hydrogen-bond acceptors (Lipinski definition) is 6. The Labute approximate surface area is 220 Å². The first kappa shape index (κ1) is 28.3. The largest absolute Gasteiger partial charge is 0.460 e. The minimum atomic E-state index is -0.767. The van der Waals surface area contributed by atoms with Gasteiger partial charge in [-0.05, 0) is 55.0 Å². The summed E-state index contributed by atoms with van der Waals surface area (Å²) in [5.74, 6) is -1.13. The molecule has 7 nitrogen and oxygen atoms in total. The van der Waals surface area contributed by atoms with E-state index in [0.717, 1.165) is 29.5 Å². The van der Waals surface area contributed by atoms with Gasteiger partial charge in [0.15, 0.2) is 0 Å². The first-order valence-electron chi connectivity index (χ1n) is 13.1. The van der Waals surface area contributed by atoms with E-state index in [1.54, 1.807) is 0 Å². The van der Waals surface area contributed by atoms with Crippen molar-refractivity contribution in [2.75, 3.05) is 19.7 Å². The number of esters is 1. The molecule has 1 fully saturated rings. The van der Waals surface area contributed by atoms with Gasteiger partial charge in [0.05, 0.1) is 25.2 Å². The third-order valence-electron chi connectivity index (χ3n) is 7.10. The summed E-state index contributed by atoms with van der Waals surface area (Å²) >= 11 is 0. The molecule has 1 aliphatic heterocycles. The maximum Gasteiger partial charge on any atom is 0.320 e. The number of nitrogens with zero attached hydrogens (tertiary/aromatic N) is 2. The van der Waals surface area contributed by atoms with Crippen molar-refractivity contribution >= 4 is 23.4 Å². The van der Waals surface area contributed by atoms with Crippen LogP contribution in [0.2, 0.25) is 0 Å². The lowest BCUT2D eigenvalue weighted by molar-refractivity contribution is -0.151. The molecule has 3 atom stereocenters. The first-order chi connectivity index (χ1) is 17.8. The smallest absolute Gasteiger partial charge is 0.320 e. The maximum atomic E-state index is 13.7. The highest BCUT2D eigenvalue weighted by Crippen LogP contribution is 2.22. The fourth-order valence-electron chi connectivity index (χ4n) is 4.47. The molecule has 1 aliphatic rings. The topological polar surface area (TPSA) is 92.9 Å². The summed E-state index contributed by atoms with van der Waals surface area (Å²) in [4.78, 5) is 42.8. The predicted octanol–water partition coefficient (Wildman–Crippen LogP) is 4.03. The van der Waals surface area contributed by atoms with Gasteiger partial charge < -0.3 is 10.5 Å². The Hall–Kier alpha value is -3.29. The summed E-state index contributed by atoms with van der Waals surface area (Å²) in [6.45, 7) is 6.77. The second-order valence-corrected chi connectivity index (χ2v) is 9.72. The molecular formula is C30H39N3O4.